The maximum absolute atomic E-state index is 13.4. The van der Waals surface area contributed by atoms with E-state index in [1.165, 1.54) is 23.7 Å². The number of rotatable bonds is 5. The van der Waals surface area contributed by atoms with Crippen molar-refractivity contribution >= 4 is 38.4 Å². The number of hydrogen-bond acceptors (Lipinski definition) is 5. The number of carbonyl (C=O) groups excluding carboxylic acids is 1. The molecule has 168 valence electrons. The molecule has 0 radical (unpaired) electrons. The quantitative estimate of drug-likeness (QED) is 0.610. The number of nitrogens with zero attached hydrogens (tertiary/aromatic N) is 2. The predicted octanol–water partition coefficient (Wildman–Crippen LogP) is 4.60. The SMILES string of the molecule is Cc1cc(C)c2nc(SCC(=O)N(C3CCCCC3)[C@@H]3CCS(=O)(=O)C3)cc(C)c2c1. The molecular weight excluding hydrogens is 428 g/mol. The van der Waals surface area contributed by atoms with E-state index in [4.69, 9.17) is 4.98 Å². The first-order valence-corrected chi connectivity index (χ1v) is 14.1. The van der Waals surface area contributed by atoms with Gasteiger partial charge in [-0.25, -0.2) is 13.4 Å². The summed E-state index contributed by atoms with van der Waals surface area (Å²) in [5.74, 6) is 0.673. The van der Waals surface area contributed by atoms with Gasteiger partial charge in [0.1, 0.15) is 0 Å². The van der Waals surface area contributed by atoms with E-state index in [9.17, 15) is 13.2 Å². The molecule has 0 bridgehead atoms. The van der Waals surface area contributed by atoms with Crippen LogP contribution in [0.2, 0.25) is 0 Å². The molecule has 1 aliphatic carbocycles. The second-order valence-corrected chi connectivity index (χ2v) is 12.4. The standard InChI is InChI=1S/C24H32N2O3S2/c1-16-11-18(3)24-21(12-16)17(2)13-22(25-24)30-14-23(27)26(19-7-5-4-6-8-19)20-9-10-31(28,29)15-20/h11-13,19-20H,4-10,14-15H2,1-3H3/t20-/m1/s1. The van der Waals surface area contributed by atoms with Crippen LogP contribution in [0.1, 0.15) is 55.2 Å². The summed E-state index contributed by atoms with van der Waals surface area (Å²) in [6.45, 7) is 6.26. The van der Waals surface area contributed by atoms with Crippen molar-refractivity contribution in [2.45, 2.75) is 76.4 Å². The van der Waals surface area contributed by atoms with E-state index in [2.05, 4.69) is 39.0 Å². The lowest BCUT2D eigenvalue weighted by molar-refractivity contribution is -0.133. The fourth-order valence-electron chi connectivity index (χ4n) is 5.16. The van der Waals surface area contributed by atoms with Crippen LogP contribution in [-0.2, 0) is 14.6 Å². The fraction of sp³-hybridized carbons (Fsp3) is 0.583. The third-order valence-corrected chi connectivity index (χ3v) is 9.28. The summed E-state index contributed by atoms with van der Waals surface area (Å²) in [7, 11) is -3.03. The van der Waals surface area contributed by atoms with Crippen LogP contribution in [-0.4, -0.2) is 53.6 Å². The average molecular weight is 461 g/mol. The molecule has 1 saturated heterocycles. The summed E-state index contributed by atoms with van der Waals surface area (Å²) in [6, 6.07) is 6.37. The van der Waals surface area contributed by atoms with E-state index >= 15 is 0 Å². The second-order valence-electron chi connectivity index (χ2n) is 9.19. The van der Waals surface area contributed by atoms with Gasteiger partial charge in [-0.15, -0.1) is 0 Å². The van der Waals surface area contributed by atoms with Crippen LogP contribution in [0, 0.1) is 20.8 Å². The van der Waals surface area contributed by atoms with Crippen LogP contribution in [0.4, 0.5) is 0 Å². The molecule has 2 fully saturated rings. The number of benzene rings is 1. The van der Waals surface area contributed by atoms with Gasteiger partial charge in [-0.05, 0) is 63.3 Å². The Labute approximate surface area is 189 Å². The highest BCUT2D eigenvalue weighted by Gasteiger charge is 2.38. The molecule has 0 unspecified atom stereocenters. The lowest BCUT2D eigenvalue weighted by Gasteiger charge is -2.38. The van der Waals surface area contributed by atoms with Gasteiger partial charge in [0.05, 0.1) is 27.8 Å². The van der Waals surface area contributed by atoms with Gasteiger partial charge in [0.2, 0.25) is 5.91 Å². The van der Waals surface area contributed by atoms with E-state index in [-0.39, 0.29) is 29.5 Å². The molecule has 5 nitrogen and oxygen atoms in total. The number of amides is 1. The van der Waals surface area contributed by atoms with Crippen molar-refractivity contribution in [3.05, 3.63) is 34.9 Å². The monoisotopic (exact) mass is 460 g/mol. The van der Waals surface area contributed by atoms with Crippen molar-refractivity contribution in [1.82, 2.24) is 9.88 Å². The highest BCUT2D eigenvalue weighted by molar-refractivity contribution is 7.99. The zero-order chi connectivity index (χ0) is 22.2. The molecule has 2 aliphatic rings. The zero-order valence-electron chi connectivity index (χ0n) is 18.7. The lowest BCUT2D eigenvalue weighted by atomic mass is 9.93. The van der Waals surface area contributed by atoms with Crippen molar-refractivity contribution in [2.75, 3.05) is 17.3 Å². The number of thioether (sulfide) groups is 1. The molecule has 1 aromatic carbocycles. The first kappa shape index (κ1) is 22.6. The van der Waals surface area contributed by atoms with Gasteiger partial charge >= 0.3 is 0 Å². The Kier molecular flexibility index (Phi) is 6.63. The van der Waals surface area contributed by atoms with E-state index in [1.54, 1.807) is 0 Å². The molecule has 2 aromatic rings. The van der Waals surface area contributed by atoms with Gasteiger partial charge in [0.25, 0.3) is 0 Å². The number of pyridine rings is 1. The van der Waals surface area contributed by atoms with Gasteiger partial charge in [0, 0.05) is 17.5 Å². The minimum atomic E-state index is -3.03. The minimum absolute atomic E-state index is 0.0548. The molecule has 7 heteroatoms. The minimum Gasteiger partial charge on any atom is -0.335 e. The van der Waals surface area contributed by atoms with E-state index in [1.807, 2.05) is 4.90 Å². The van der Waals surface area contributed by atoms with Gasteiger partial charge < -0.3 is 4.90 Å². The van der Waals surface area contributed by atoms with Crippen LogP contribution >= 0.6 is 11.8 Å². The third kappa shape index (κ3) is 5.08. The van der Waals surface area contributed by atoms with Gasteiger partial charge in [-0.2, -0.15) is 0 Å². The predicted molar refractivity (Wildman–Crippen MR) is 127 cm³/mol. The van der Waals surface area contributed by atoms with E-state index < -0.39 is 9.84 Å². The molecule has 1 atom stereocenters. The maximum Gasteiger partial charge on any atom is 0.233 e. The molecule has 1 saturated carbocycles. The van der Waals surface area contributed by atoms with Gasteiger partial charge in [0.15, 0.2) is 9.84 Å². The van der Waals surface area contributed by atoms with Crippen LogP contribution in [0.5, 0.6) is 0 Å². The van der Waals surface area contributed by atoms with Gasteiger partial charge in [-0.1, -0.05) is 42.7 Å². The van der Waals surface area contributed by atoms with Crippen LogP contribution in [0.15, 0.2) is 23.2 Å². The Morgan fingerprint density at radius 2 is 1.77 bits per heavy atom. The largest absolute Gasteiger partial charge is 0.335 e. The maximum atomic E-state index is 13.4. The second kappa shape index (κ2) is 9.10. The molecule has 4 rings (SSSR count). The summed E-state index contributed by atoms with van der Waals surface area (Å²) >= 11 is 1.47. The number of aromatic nitrogens is 1. The Bertz CT molecular complexity index is 1090. The Morgan fingerprint density at radius 1 is 1.03 bits per heavy atom. The summed E-state index contributed by atoms with van der Waals surface area (Å²) in [6.07, 6.45) is 5.98. The topological polar surface area (TPSA) is 67.3 Å². The van der Waals surface area contributed by atoms with Crippen LogP contribution in [0.25, 0.3) is 10.9 Å². The van der Waals surface area contributed by atoms with Crippen molar-refractivity contribution in [3.63, 3.8) is 0 Å². The average Bonchev–Trinajstić information content (AvgIpc) is 3.07. The molecule has 0 spiro atoms. The number of sulfone groups is 1. The Balaban J connectivity index is 1.53. The molecule has 0 N–H and O–H groups in total. The smallest absolute Gasteiger partial charge is 0.233 e. The van der Waals surface area contributed by atoms with E-state index in [0.29, 0.717) is 12.2 Å². The van der Waals surface area contributed by atoms with Crippen LogP contribution < -0.4 is 0 Å². The van der Waals surface area contributed by atoms with Crippen molar-refractivity contribution < 1.29 is 13.2 Å². The Hall–Kier alpha value is -1.60. The van der Waals surface area contributed by atoms with Crippen molar-refractivity contribution in [3.8, 4) is 0 Å². The summed E-state index contributed by atoms with van der Waals surface area (Å²) < 4.78 is 24.2. The van der Waals surface area contributed by atoms with Crippen molar-refractivity contribution in [1.29, 1.82) is 0 Å². The molecule has 1 aliphatic heterocycles. The molecular formula is C24H32N2O3S2. The number of hydrogen-bond donors (Lipinski definition) is 0. The van der Waals surface area contributed by atoms with E-state index in [0.717, 1.165) is 52.7 Å². The highest BCUT2D eigenvalue weighted by atomic mass is 32.2. The first-order valence-electron chi connectivity index (χ1n) is 11.3. The highest BCUT2D eigenvalue weighted by Crippen LogP contribution is 2.31. The summed E-state index contributed by atoms with van der Waals surface area (Å²) in [4.78, 5) is 20.1. The fourth-order valence-corrected chi connectivity index (χ4v) is 7.71. The number of carbonyl (C=O) groups is 1. The molecule has 1 amide bonds. The summed E-state index contributed by atoms with van der Waals surface area (Å²) in [5.41, 5.74) is 4.52. The molecule has 1 aromatic heterocycles. The normalized spacial score (nSPS) is 21.5. The van der Waals surface area contributed by atoms with Crippen molar-refractivity contribution in [2.24, 2.45) is 0 Å². The molecule has 2 heterocycles. The first-order chi connectivity index (χ1) is 14.7. The van der Waals surface area contributed by atoms with Crippen LogP contribution in [0.3, 0.4) is 0 Å². The number of fused-ring (bicyclic) bond motifs is 1. The molecule has 31 heavy (non-hydrogen) atoms. The van der Waals surface area contributed by atoms with Gasteiger partial charge in [-0.3, -0.25) is 4.79 Å². The lowest BCUT2D eigenvalue weighted by Crippen LogP contribution is -2.49. The number of aryl methyl sites for hydroxylation is 3. The zero-order valence-corrected chi connectivity index (χ0v) is 20.3. The Morgan fingerprint density at radius 3 is 2.45 bits per heavy atom. The summed E-state index contributed by atoms with van der Waals surface area (Å²) in [5, 5.41) is 2.01. The third-order valence-electron chi connectivity index (χ3n) is 6.63.